The van der Waals surface area contributed by atoms with Crippen molar-refractivity contribution in [2.24, 2.45) is 0 Å². The first-order valence-corrected chi connectivity index (χ1v) is 9.18. The van der Waals surface area contributed by atoms with Crippen LogP contribution in [-0.2, 0) is 29.7 Å². The highest BCUT2D eigenvalue weighted by Crippen LogP contribution is 2.22. The largest absolute Gasteiger partial charge is 0.390 e. The summed E-state index contributed by atoms with van der Waals surface area (Å²) in [6, 6.07) is 5.02. The summed E-state index contributed by atoms with van der Waals surface area (Å²) in [7, 11) is -3.60. The number of sulfonamides is 1. The number of hydrogen-bond donors (Lipinski definition) is 2. The zero-order chi connectivity index (χ0) is 15.5. The van der Waals surface area contributed by atoms with E-state index in [-0.39, 0.29) is 18.0 Å². The number of hydrogen-bond acceptors (Lipinski definition) is 4. The van der Waals surface area contributed by atoms with Gasteiger partial charge in [0.15, 0.2) is 0 Å². The van der Waals surface area contributed by atoms with Crippen molar-refractivity contribution in [2.45, 2.75) is 37.9 Å². The van der Waals surface area contributed by atoms with Crippen LogP contribution in [0.5, 0.6) is 0 Å². The molecule has 0 aromatic carbocycles. The van der Waals surface area contributed by atoms with E-state index < -0.39 is 10.0 Å². The fraction of sp³-hybridized carbons (Fsp3) is 0.385. The highest BCUT2D eigenvalue weighted by Gasteiger charge is 2.18. The number of nitrogens with one attached hydrogen (secondary N) is 1. The van der Waals surface area contributed by atoms with Crippen molar-refractivity contribution in [3.63, 3.8) is 0 Å². The lowest BCUT2D eigenvalue weighted by atomic mass is 10.4. The second-order valence-electron chi connectivity index (χ2n) is 4.55. The monoisotopic (exact) mass is 348 g/mol. The maximum absolute atomic E-state index is 12.3. The fourth-order valence-corrected chi connectivity index (χ4v) is 4.14. The van der Waals surface area contributed by atoms with Crippen LogP contribution in [0.4, 0.5) is 0 Å². The van der Waals surface area contributed by atoms with Gasteiger partial charge in [-0.2, -0.15) is 0 Å². The lowest BCUT2D eigenvalue weighted by Crippen LogP contribution is -2.22. The molecule has 0 bridgehead atoms. The van der Waals surface area contributed by atoms with E-state index in [2.05, 4.69) is 4.72 Å². The highest BCUT2D eigenvalue weighted by atomic mass is 35.5. The second-order valence-corrected chi connectivity index (χ2v) is 8.12. The molecule has 21 heavy (non-hydrogen) atoms. The summed E-state index contributed by atoms with van der Waals surface area (Å²) in [5.41, 5.74) is 0.594. The minimum atomic E-state index is -3.60. The third-order valence-corrected chi connectivity index (χ3v) is 5.56. The quantitative estimate of drug-likeness (QED) is 0.807. The van der Waals surface area contributed by atoms with Crippen molar-refractivity contribution in [2.75, 3.05) is 0 Å². The molecule has 0 spiro atoms. The molecule has 116 valence electrons. The Morgan fingerprint density at radius 3 is 2.76 bits per heavy atom. The van der Waals surface area contributed by atoms with Crippen LogP contribution in [0.15, 0.2) is 29.3 Å². The van der Waals surface area contributed by atoms with Gasteiger partial charge in [-0.3, -0.25) is 0 Å². The van der Waals surface area contributed by atoms with Gasteiger partial charge in [-0.25, -0.2) is 13.1 Å². The summed E-state index contributed by atoms with van der Waals surface area (Å²) in [6.45, 7) is 2.68. The van der Waals surface area contributed by atoms with Crippen LogP contribution in [-0.4, -0.2) is 18.1 Å². The third-order valence-electron chi connectivity index (χ3n) is 2.96. The fourth-order valence-electron chi connectivity index (χ4n) is 1.95. The van der Waals surface area contributed by atoms with Crippen molar-refractivity contribution in [1.82, 2.24) is 9.29 Å². The predicted octanol–water partition coefficient (Wildman–Crippen LogP) is 2.58. The molecule has 0 saturated heterocycles. The number of aliphatic hydroxyl groups excluding tert-OH is 1. The van der Waals surface area contributed by atoms with Crippen LogP contribution in [0.2, 0.25) is 4.34 Å². The van der Waals surface area contributed by atoms with E-state index in [9.17, 15) is 13.5 Å². The van der Waals surface area contributed by atoms with Crippen LogP contribution in [0.25, 0.3) is 0 Å². The summed E-state index contributed by atoms with van der Waals surface area (Å²) in [5.74, 6) is 0. The molecule has 2 N–H and O–H groups in total. The minimum absolute atomic E-state index is 0.169. The Morgan fingerprint density at radius 2 is 2.19 bits per heavy atom. The lowest BCUT2D eigenvalue weighted by Gasteiger charge is -2.04. The maximum atomic E-state index is 12.3. The number of thiophene rings is 1. The first-order valence-electron chi connectivity index (χ1n) is 6.50. The minimum Gasteiger partial charge on any atom is -0.390 e. The molecule has 0 atom stereocenters. The number of halogens is 1. The number of nitrogens with zero attached hydrogens (tertiary/aromatic N) is 1. The van der Waals surface area contributed by atoms with E-state index in [0.29, 0.717) is 16.6 Å². The highest BCUT2D eigenvalue weighted by molar-refractivity contribution is 7.89. The molecule has 0 aliphatic carbocycles. The zero-order valence-corrected chi connectivity index (χ0v) is 13.9. The van der Waals surface area contributed by atoms with E-state index in [1.807, 2.05) is 6.92 Å². The number of rotatable bonds is 7. The van der Waals surface area contributed by atoms with Gasteiger partial charge in [0.2, 0.25) is 10.0 Å². The Hall–Kier alpha value is -0.860. The summed E-state index contributed by atoms with van der Waals surface area (Å²) in [5, 5.41) is 9.29. The van der Waals surface area contributed by atoms with E-state index in [0.717, 1.165) is 11.3 Å². The molecule has 2 heterocycles. The number of aromatic nitrogens is 1. The Balaban J connectivity index is 2.15. The van der Waals surface area contributed by atoms with Gasteiger partial charge in [-0.05, 0) is 24.6 Å². The normalized spacial score (nSPS) is 12.0. The van der Waals surface area contributed by atoms with Crippen molar-refractivity contribution in [1.29, 1.82) is 0 Å². The molecule has 0 amide bonds. The van der Waals surface area contributed by atoms with Gasteiger partial charge in [0.05, 0.1) is 15.8 Å². The van der Waals surface area contributed by atoms with Gasteiger partial charge >= 0.3 is 0 Å². The summed E-state index contributed by atoms with van der Waals surface area (Å²) < 4.78 is 29.5. The maximum Gasteiger partial charge on any atom is 0.242 e. The molecule has 2 rings (SSSR count). The number of aliphatic hydroxyl groups is 1. The van der Waals surface area contributed by atoms with Crippen LogP contribution >= 0.6 is 22.9 Å². The topological polar surface area (TPSA) is 71.3 Å². The summed E-state index contributed by atoms with van der Waals surface area (Å²) in [4.78, 5) is 1.02. The van der Waals surface area contributed by atoms with Crippen LogP contribution in [0.3, 0.4) is 0 Å². The Labute approximate surface area is 133 Å². The van der Waals surface area contributed by atoms with E-state index in [1.54, 1.807) is 22.9 Å². The van der Waals surface area contributed by atoms with Crippen molar-refractivity contribution in [3.05, 3.63) is 39.3 Å². The van der Waals surface area contributed by atoms with Crippen molar-refractivity contribution in [3.8, 4) is 0 Å². The molecule has 2 aromatic rings. The molecule has 0 aliphatic heterocycles. The second kappa shape index (κ2) is 6.93. The van der Waals surface area contributed by atoms with Crippen LogP contribution < -0.4 is 4.72 Å². The molecule has 0 fully saturated rings. The lowest BCUT2D eigenvalue weighted by molar-refractivity contribution is 0.270. The molecule has 0 radical (unpaired) electrons. The molecule has 8 heteroatoms. The third kappa shape index (κ3) is 4.08. The zero-order valence-electron chi connectivity index (χ0n) is 11.5. The average molecular weight is 349 g/mol. The SMILES string of the molecule is CCCn1cc(S(=O)(=O)NCc2ccc(Cl)s2)cc1CO. The van der Waals surface area contributed by atoms with Crippen molar-refractivity contribution < 1.29 is 13.5 Å². The van der Waals surface area contributed by atoms with Gasteiger partial charge in [0.1, 0.15) is 0 Å². The molecular weight excluding hydrogens is 332 g/mol. The van der Waals surface area contributed by atoms with Gasteiger partial charge in [0, 0.05) is 29.9 Å². The number of aryl methyl sites for hydroxylation is 1. The Morgan fingerprint density at radius 1 is 1.43 bits per heavy atom. The molecule has 0 saturated carbocycles. The van der Waals surface area contributed by atoms with E-state index in [4.69, 9.17) is 11.6 Å². The molecular formula is C13H17ClN2O3S2. The van der Waals surface area contributed by atoms with Crippen LogP contribution in [0.1, 0.15) is 23.9 Å². The smallest absolute Gasteiger partial charge is 0.242 e. The average Bonchev–Trinajstić information content (AvgIpc) is 3.04. The summed E-state index contributed by atoms with van der Waals surface area (Å²) in [6.07, 6.45) is 2.42. The predicted molar refractivity (Wildman–Crippen MR) is 84.0 cm³/mol. The van der Waals surface area contributed by atoms with Gasteiger partial charge < -0.3 is 9.67 Å². The molecule has 5 nitrogen and oxygen atoms in total. The van der Waals surface area contributed by atoms with E-state index in [1.165, 1.54) is 17.4 Å². The first-order chi connectivity index (χ1) is 9.96. The van der Waals surface area contributed by atoms with Gasteiger partial charge in [-0.1, -0.05) is 18.5 Å². The van der Waals surface area contributed by atoms with Gasteiger partial charge in [-0.15, -0.1) is 11.3 Å². The van der Waals surface area contributed by atoms with E-state index >= 15 is 0 Å². The first kappa shape index (κ1) is 16.5. The standard InChI is InChI=1S/C13H17ClN2O3S2/c1-2-5-16-8-12(6-10(16)9-17)21(18,19)15-7-11-3-4-13(14)20-11/h3-4,6,8,15,17H,2,5,7,9H2,1H3. The summed E-state index contributed by atoms with van der Waals surface area (Å²) >= 11 is 7.15. The molecule has 2 aromatic heterocycles. The Bertz CT molecular complexity index is 707. The van der Waals surface area contributed by atoms with Gasteiger partial charge in [0.25, 0.3) is 0 Å². The Kier molecular flexibility index (Phi) is 5.45. The molecule has 0 aliphatic rings. The van der Waals surface area contributed by atoms with Crippen molar-refractivity contribution >= 4 is 33.0 Å². The van der Waals surface area contributed by atoms with Crippen LogP contribution in [0, 0.1) is 0 Å². The molecule has 0 unspecified atom stereocenters.